The molecule has 0 bridgehead atoms. The fraction of sp³-hybridized carbons (Fsp3) is 0.0667. The highest BCUT2D eigenvalue weighted by Crippen LogP contribution is 2.20. The van der Waals surface area contributed by atoms with E-state index in [0.29, 0.717) is 28.6 Å². The van der Waals surface area contributed by atoms with E-state index in [-0.39, 0.29) is 5.82 Å². The number of hydrogen-bond acceptors (Lipinski definition) is 3. The van der Waals surface area contributed by atoms with Gasteiger partial charge in [-0.15, -0.1) is 0 Å². The number of halogens is 2. The Labute approximate surface area is 126 Å². The molecule has 0 spiro atoms. The van der Waals surface area contributed by atoms with Crippen molar-refractivity contribution in [2.75, 3.05) is 5.73 Å². The second-order valence-electron chi connectivity index (χ2n) is 4.63. The van der Waals surface area contributed by atoms with E-state index in [1.807, 2.05) is 12.1 Å². The summed E-state index contributed by atoms with van der Waals surface area (Å²) in [6, 6.07) is 11.6. The molecule has 21 heavy (non-hydrogen) atoms. The topological polar surface area (TPSA) is 56.7 Å². The lowest BCUT2D eigenvalue weighted by atomic mass is 10.2. The number of nitrogens with zero attached hydrogens (tertiary/aromatic N) is 3. The van der Waals surface area contributed by atoms with Gasteiger partial charge >= 0.3 is 0 Å². The molecule has 2 aromatic carbocycles. The number of rotatable bonds is 3. The van der Waals surface area contributed by atoms with Gasteiger partial charge in [-0.25, -0.2) is 14.1 Å². The first-order chi connectivity index (χ1) is 10.1. The standard InChI is InChI=1S/C15H12ClFN4/c16-14-5-4-12(17)6-11(14)8-21-9-19-15(20-21)10-2-1-3-13(18)7-10/h1-7,9H,8,18H2. The number of nitrogen functional groups attached to an aromatic ring is 1. The largest absolute Gasteiger partial charge is 0.399 e. The molecule has 0 aliphatic rings. The van der Waals surface area contributed by atoms with Gasteiger partial charge in [0.05, 0.1) is 6.54 Å². The molecule has 0 saturated heterocycles. The minimum atomic E-state index is -0.328. The number of anilines is 1. The molecule has 4 nitrogen and oxygen atoms in total. The summed E-state index contributed by atoms with van der Waals surface area (Å²) in [6.45, 7) is 0.353. The molecule has 0 saturated carbocycles. The Hall–Kier alpha value is -2.40. The second kappa shape index (κ2) is 5.54. The van der Waals surface area contributed by atoms with Crippen molar-refractivity contribution in [3.8, 4) is 11.4 Å². The molecule has 6 heteroatoms. The zero-order valence-corrected chi connectivity index (χ0v) is 11.8. The van der Waals surface area contributed by atoms with Crippen molar-refractivity contribution in [3.05, 3.63) is 65.2 Å². The fourth-order valence-corrected chi connectivity index (χ4v) is 2.20. The summed E-state index contributed by atoms with van der Waals surface area (Å²) in [6.07, 6.45) is 1.58. The Balaban J connectivity index is 1.87. The van der Waals surface area contributed by atoms with E-state index in [1.165, 1.54) is 18.2 Å². The average molecular weight is 303 g/mol. The fourth-order valence-electron chi connectivity index (χ4n) is 2.02. The Morgan fingerprint density at radius 2 is 2.05 bits per heavy atom. The zero-order valence-electron chi connectivity index (χ0n) is 11.0. The van der Waals surface area contributed by atoms with E-state index < -0.39 is 0 Å². The molecule has 0 atom stereocenters. The summed E-state index contributed by atoms with van der Waals surface area (Å²) in [5.74, 6) is 0.236. The lowest BCUT2D eigenvalue weighted by Crippen LogP contribution is -2.01. The molecule has 0 aliphatic heterocycles. The van der Waals surface area contributed by atoms with Crippen LogP contribution in [0.3, 0.4) is 0 Å². The number of benzene rings is 2. The molecular weight excluding hydrogens is 291 g/mol. The first-order valence-corrected chi connectivity index (χ1v) is 6.69. The summed E-state index contributed by atoms with van der Waals surface area (Å²) in [4.78, 5) is 4.24. The van der Waals surface area contributed by atoms with Crippen LogP contribution >= 0.6 is 11.6 Å². The van der Waals surface area contributed by atoms with Gasteiger partial charge in [-0.05, 0) is 35.9 Å². The van der Waals surface area contributed by atoms with Crippen molar-refractivity contribution in [2.45, 2.75) is 6.54 Å². The predicted octanol–water partition coefficient (Wildman–Crippen LogP) is 3.37. The summed E-state index contributed by atoms with van der Waals surface area (Å²) >= 11 is 6.05. The van der Waals surface area contributed by atoms with Gasteiger partial charge in [0.1, 0.15) is 12.1 Å². The van der Waals surface area contributed by atoms with E-state index in [2.05, 4.69) is 10.1 Å². The minimum Gasteiger partial charge on any atom is -0.399 e. The summed E-state index contributed by atoms with van der Waals surface area (Å²) in [7, 11) is 0. The molecule has 3 rings (SSSR count). The van der Waals surface area contributed by atoms with Crippen molar-refractivity contribution < 1.29 is 4.39 Å². The van der Waals surface area contributed by atoms with Crippen molar-refractivity contribution in [3.63, 3.8) is 0 Å². The maximum absolute atomic E-state index is 13.2. The van der Waals surface area contributed by atoms with Crippen LogP contribution in [0.15, 0.2) is 48.8 Å². The van der Waals surface area contributed by atoms with Gasteiger partial charge in [0, 0.05) is 16.3 Å². The maximum atomic E-state index is 13.2. The van der Waals surface area contributed by atoms with Crippen LogP contribution in [0.25, 0.3) is 11.4 Å². The highest BCUT2D eigenvalue weighted by molar-refractivity contribution is 6.31. The van der Waals surface area contributed by atoms with Gasteiger partial charge in [-0.2, -0.15) is 5.10 Å². The van der Waals surface area contributed by atoms with E-state index in [4.69, 9.17) is 17.3 Å². The molecule has 0 radical (unpaired) electrons. The van der Waals surface area contributed by atoms with Gasteiger partial charge in [-0.1, -0.05) is 23.7 Å². The zero-order chi connectivity index (χ0) is 14.8. The van der Waals surface area contributed by atoms with Crippen LogP contribution < -0.4 is 5.73 Å². The molecule has 0 aliphatic carbocycles. The normalized spacial score (nSPS) is 10.8. The van der Waals surface area contributed by atoms with Crippen molar-refractivity contribution in [2.24, 2.45) is 0 Å². The molecule has 0 amide bonds. The van der Waals surface area contributed by atoms with E-state index in [1.54, 1.807) is 23.1 Å². The monoisotopic (exact) mass is 302 g/mol. The third-order valence-electron chi connectivity index (χ3n) is 3.02. The molecule has 0 fully saturated rings. The molecule has 2 N–H and O–H groups in total. The van der Waals surface area contributed by atoms with Crippen LogP contribution in [0.2, 0.25) is 5.02 Å². The average Bonchev–Trinajstić information content (AvgIpc) is 2.91. The number of hydrogen-bond donors (Lipinski definition) is 1. The van der Waals surface area contributed by atoms with Gasteiger partial charge in [0.2, 0.25) is 0 Å². The minimum absolute atomic E-state index is 0.328. The molecule has 106 valence electrons. The van der Waals surface area contributed by atoms with Crippen molar-refractivity contribution >= 4 is 17.3 Å². The van der Waals surface area contributed by atoms with Crippen LogP contribution in [0.4, 0.5) is 10.1 Å². The van der Waals surface area contributed by atoms with E-state index in [0.717, 1.165) is 5.56 Å². The Morgan fingerprint density at radius 3 is 2.86 bits per heavy atom. The van der Waals surface area contributed by atoms with Crippen molar-refractivity contribution in [1.82, 2.24) is 14.8 Å². The SMILES string of the molecule is Nc1cccc(-c2ncn(Cc3cc(F)ccc3Cl)n2)c1. The van der Waals surface area contributed by atoms with Gasteiger partial charge < -0.3 is 5.73 Å². The summed E-state index contributed by atoms with van der Waals surface area (Å²) in [5.41, 5.74) is 7.88. The van der Waals surface area contributed by atoms with Gasteiger partial charge in [-0.3, -0.25) is 0 Å². The lowest BCUT2D eigenvalue weighted by molar-refractivity contribution is 0.619. The first kappa shape index (κ1) is 13.6. The van der Waals surface area contributed by atoms with Crippen LogP contribution in [0.5, 0.6) is 0 Å². The smallest absolute Gasteiger partial charge is 0.181 e. The van der Waals surface area contributed by atoms with Crippen LogP contribution in [-0.4, -0.2) is 14.8 Å². The molecule has 1 aromatic heterocycles. The van der Waals surface area contributed by atoms with Crippen LogP contribution in [-0.2, 0) is 6.54 Å². The van der Waals surface area contributed by atoms with E-state index >= 15 is 0 Å². The quantitative estimate of drug-likeness (QED) is 0.755. The Bertz CT molecular complexity index is 785. The highest BCUT2D eigenvalue weighted by atomic mass is 35.5. The maximum Gasteiger partial charge on any atom is 0.181 e. The molecule has 0 unspecified atom stereocenters. The third-order valence-corrected chi connectivity index (χ3v) is 3.39. The Morgan fingerprint density at radius 1 is 1.19 bits per heavy atom. The van der Waals surface area contributed by atoms with Gasteiger partial charge in [0.15, 0.2) is 5.82 Å². The first-order valence-electron chi connectivity index (χ1n) is 6.31. The predicted molar refractivity (Wildman–Crippen MR) is 80.4 cm³/mol. The number of nitrogens with two attached hydrogens (primary N) is 1. The van der Waals surface area contributed by atoms with Crippen molar-refractivity contribution in [1.29, 1.82) is 0 Å². The lowest BCUT2D eigenvalue weighted by Gasteiger charge is -2.04. The Kier molecular flexibility index (Phi) is 3.58. The highest BCUT2D eigenvalue weighted by Gasteiger charge is 2.07. The van der Waals surface area contributed by atoms with Crippen LogP contribution in [0.1, 0.15) is 5.56 Å². The molecule has 1 heterocycles. The summed E-state index contributed by atoms with van der Waals surface area (Å²) < 4.78 is 14.9. The van der Waals surface area contributed by atoms with Crippen LogP contribution in [0, 0.1) is 5.82 Å². The summed E-state index contributed by atoms with van der Waals surface area (Å²) in [5, 5.41) is 4.85. The van der Waals surface area contributed by atoms with E-state index in [9.17, 15) is 4.39 Å². The molecule has 3 aromatic rings. The number of aromatic nitrogens is 3. The van der Waals surface area contributed by atoms with Gasteiger partial charge in [0.25, 0.3) is 0 Å². The third kappa shape index (κ3) is 3.03. The molecular formula is C15H12ClFN4. The second-order valence-corrected chi connectivity index (χ2v) is 5.03.